The van der Waals surface area contributed by atoms with E-state index in [0.29, 0.717) is 39.5 Å². The summed E-state index contributed by atoms with van der Waals surface area (Å²) in [6.07, 6.45) is 0.500. The van der Waals surface area contributed by atoms with Crippen molar-refractivity contribution in [2.45, 2.75) is 13.0 Å². The average molecular weight is 278 g/mol. The molecule has 0 saturated carbocycles. The lowest BCUT2D eigenvalue weighted by molar-refractivity contribution is 0.0199. The molecule has 0 aliphatic rings. The summed E-state index contributed by atoms with van der Waals surface area (Å²) in [4.78, 5) is 0. The van der Waals surface area contributed by atoms with Crippen LogP contribution in [0.1, 0.15) is 17.5 Å². The molecule has 0 bridgehead atoms. The zero-order chi connectivity index (χ0) is 14.5. The van der Waals surface area contributed by atoms with E-state index in [1.165, 1.54) is 0 Å². The zero-order valence-corrected chi connectivity index (χ0v) is 11.9. The van der Waals surface area contributed by atoms with Crippen LogP contribution in [0, 0.1) is 11.8 Å². The maximum Gasteiger partial charge on any atom is 0.0718 e. The van der Waals surface area contributed by atoms with Crippen LogP contribution >= 0.6 is 0 Å². The van der Waals surface area contributed by atoms with Gasteiger partial charge in [0, 0.05) is 19.1 Å². The van der Waals surface area contributed by atoms with Gasteiger partial charge in [0.1, 0.15) is 0 Å². The summed E-state index contributed by atoms with van der Waals surface area (Å²) in [5, 5.41) is 8.68. The smallest absolute Gasteiger partial charge is 0.0718 e. The van der Waals surface area contributed by atoms with Crippen LogP contribution in [0.5, 0.6) is 0 Å². The predicted octanol–water partition coefficient (Wildman–Crippen LogP) is 1.60. The average Bonchev–Trinajstić information content (AvgIpc) is 2.47. The Labute approximate surface area is 120 Å². The van der Waals surface area contributed by atoms with E-state index in [1.54, 1.807) is 7.11 Å². The largest absolute Gasteiger partial charge is 0.395 e. The van der Waals surface area contributed by atoms with Gasteiger partial charge in [-0.3, -0.25) is 0 Å². The van der Waals surface area contributed by atoms with Crippen molar-refractivity contribution >= 4 is 0 Å². The minimum atomic E-state index is 0.0961. The summed E-state index contributed by atoms with van der Waals surface area (Å²) in [7, 11) is 1.65. The van der Waals surface area contributed by atoms with Crippen LogP contribution in [0.3, 0.4) is 0 Å². The molecule has 0 fully saturated rings. The van der Waals surface area contributed by atoms with Crippen molar-refractivity contribution in [3.05, 3.63) is 35.4 Å². The lowest BCUT2D eigenvalue weighted by Gasteiger charge is -2.06. The number of methoxy groups -OCH3 is 1. The van der Waals surface area contributed by atoms with Gasteiger partial charge in [0.25, 0.3) is 0 Å². The molecule has 0 unspecified atom stereocenters. The fraction of sp³-hybridized carbons (Fsp3) is 0.500. The Morgan fingerprint density at radius 3 is 2.70 bits per heavy atom. The van der Waals surface area contributed by atoms with Crippen molar-refractivity contribution in [3.63, 3.8) is 0 Å². The molecule has 0 heterocycles. The summed E-state index contributed by atoms with van der Waals surface area (Å²) < 4.78 is 15.7. The normalized spacial score (nSPS) is 10.1. The van der Waals surface area contributed by atoms with Gasteiger partial charge in [-0.2, -0.15) is 0 Å². The SMILES string of the molecule is COCCOCCOCc1cccc(C#CCCO)c1. The highest BCUT2D eigenvalue weighted by atomic mass is 16.5. The molecule has 0 amide bonds. The van der Waals surface area contributed by atoms with Crippen LogP contribution in [0.15, 0.2) is 24.3 Å². The Kier molecular flexibility index (Phi) is 9.54. The molecule has 4 heteroatoms. The summed E-state index contributed by atoms with van der Waals surface area (Å²) >= 11 is 0. The number of aliphatic hydroxyl groups is 1. The van der Waals surface area contributed by atoms with Crippen LogP contribution in [-0.2, 0) is 20.8 Å². The van der Waals surface area contributed by atoms with Crippen molar-refractivity contribution in [1.29, 1.82) is 0 Å². The second kappa shape index (κ2) is 11.4. The number of hydrogen-bond donors (Lipinski definition) is 1. The van der Waals surface area contributed by atoms with Crippen molar-refractivity contribution in [3.8, 4) is 11.8 Å². The second-order valence-corrected chi connectivity index (χ2v) is 4.13. The molecule has 1 rings (SSSR count). The fourth-order valence-electron chi connectivity index (χ4n) is 1.51. The summed E-state index contributed by atoms with van der Waals surface area (Å²) in [6.45, 7) is 2.97. The molecular weight excluding hydrogens is 256 g/mol. The van der Waals surface area contributed by atoms with Gasteiger partial charge in [0.15, 0.2) is 0 Å². The van der Waals surface area contributed by atoms with Crippen molar-refractivity contribution in [1.82, 2.24) is 0 Å². The van der Waals surface area contributed by atoms with E-state index >= 15 is 0 Å². The van der Waals surface area contributed by atoms with Crippen LogP contribution < -0.4 is 0 Å². The number of benzene rings is 1. The Bertz CT molecular complexity index is 420. The maximum absolute atomic E-state index is 8.68. The molecule has 4 nitrogen and oxygen atoms in total. The monoisotopic (exact) mass is 278 g/mol. The van der Waals surface area contributed by atoms with Gasteiger partial charge in [-0.05, 0) is 17.7 Å². The van der Waals surface area contributed by atoms with Gasteiger partial charge in [-0.15, -0.1) is 0 Å². The van der Waals surface area contributed by atoms with Gasteiger partial charge in [-0.1, -0.05) is 24.0 Å². The van der Waals surface area contributed by atoms with E-state index in [9.17, 15) is 0 Å². The Morgan fingerprint density at radius 2 is 1.90 bits per heavy atom. The maximum atomic E-state index is 8.68. The van der Waals surface area contributed by atoms with Crippen LogP contribution in [0.4, 0.5) is 0 Å². The molecule has 0 aliphatic carbocycles. The van der Waals surface area contributed by atoms with Crippen molar-refractivity contribution in [2.24, 2.45) is 0 Å². The lowest BCUT2D eigenvalue weighted by atomic mass is 10.1. The van der Waals surface area contributed by atoms with E-state index < -0.39 is 0 Å². The summed E-state index contributed by atoms with van der Waals surface area (Å²) in [5.74, 6) is 5.91. The zero-order valence-electron chi connectivity index (χ0n) is 11.9. The first-order chi connectivity index (χ1) is 9.86. The molecule has 0 saturated heterocycles. The number of aliphatic hydroxyl groups excluding tert-OH is 1. The summed E-state index contributed by atoms with van der Waals surface area (Å²) in [6, 6.07) is 7.90. The number of rotatable bonds is 9. The quantitative estimate of drug-likeness (QED) is 0.550. The molecular formula is C16H22O4. The highest BCUT2D eigenvalue weighted by molar-refractivity contribution is 5.36. The number of hydrogen-bond acceptors (Lipinski definition) is 4. The number of ether oxygens (including phenoxy) is 3. The molecule has 1 aromatic carbocycles. The van der Waals surface area contributed by atoms with E-state index in [0.717, 1.165) is 11.1 Å². The third kappa shape index (κ3) is 7.93. The molecule has 1 aromatic rings. The van der Waals surface area contributed by atoms with E-state index in [1.807, 2.05) is 24.3 Å². The highest BCUT2D eigenvalue weighted by Gasteiger charge is 1.95. The fourth-order valence-corrected chi connectivity index (χ4v) is 1.51. The standard InChI is InChI=1S/C16H22O4/c1-18-9-10-19-11-12-20-14-16-7-4-6-15(13-16)5-2-3-8-17/h4,6-7,13,17H,3,8-12,14H2,1H3. The van der Waals surface area contributed by atoms with Gasteiger partial charge >= 0.3 is 0 Å². The second-order valence-electron chi connectivity index (χ2n) is 4.13. The molecule has 1 N–H and O–H groups in total. The van der Waals surface area contributed by atoms with E-state index in [4.69, 9.17) is 19.3 Å². The minimum Gasteiger partial charge on any atom is -0.395 e. The topological polar surface area (TPSA) is 47.9 Å². The van der Waals surface area contributed by atoms with Crippen LogP contribution in [0.2, 0.25) is 0 Å². The van der Waals surface area contributed by atoms with E-state index in [-0.39, 0.29) is 6.61 Å². The van der Waals surface area contributed by atoms with Gasteiger partial charge in [-0.25, -0.2) is 0 Å². The summed E-state index contributed by atoms with van der Waals surface area (Å²) in [5.41, 5.74) is 2.02. The molecule has 20 heavy (non-hydrogen) atoms. The Balaban J connectivity index is 2.23. The minimum absolute atomic E-state index is 0.0961. The molecule has 0 atom stereocenters. The highest BCUT2D eigenvalue weighted by Crippen LogP contribution is 2.05. The van der Waals surface area contributed by atoms with Gasteiger partial charge < -0.3 is 19.3 Å². The first-order valence-corrected chi connectivity index (χ1v) is 6.70. The van der Waals surface area contributed by atoms with Gasteiger partial charge in [0.05, 0.1) is 39.6 Å². The first kappa shape index (κ1) is 16.7. The van der Waals surface area contributed by atoms with Crippen molar-refractivity contribution < 1.29 is 19.3 Å². The lowest BCUT2D eigenvalue weighted by Crippen LogP contribution is -2.08. The molecule has 0 aliphatic heterocycles. The Morgan fingerprint density at radius 1 is 1.10 bits per heavy atom. The molecule has 0 spiro atoms. The molecule has 0 radical (unpaired) electrons. The third-order valence-electron chi connectivity index (χ3n) is 2.47. The van der Waals surface area contributed by atoms with Crippen LogP contribution in [0.25, 0.3) is 0 Å². The van der Waals surface area contributed by atoms with Crippen molar-refractivity contribution in [2.75, 3.05) is 40.1 Å². The molecule has 110 valence electrons. The third-order valence-corrected chi connectivity index (χ3v) is 2.47. The Hall–Kier alpha value is -1.38. The van der Waals surface area contributed by atoms with Crippen LogP contribution in [-0.4, -0.2) is 45.3 Å². The van der Waals surface area contributed by atoms with E-state index in [2.05, 4.69) is 11.8 Å². The molecule has 0 aromatic heterocycles. The van der Waals surface area contributed by atoms with Gasteiger partial charge in [0.2, 0.25) is 0 Å². The first-order valence-electron chi connectivity index (χ1n) is 6.70. The predicted molar refractivity (Wildman–Crippen MR) is 77.4 cm³/mol.